The van der Waals surface area contributed by atoms with E-state index in [1.807, 2.05) is 0 Å². The quantitative estimate of drug-likeness (QED) is 0.153. The molecule has 0 aliphatic carbocycles. The number of hydrogen-bond acceptors (Lipinski definition) is 8. The van der Waals surface area contributed by atoms with Crippen LogP contribution in [-0.2, 0) is 37.7 Å². The van der Waals surface area contributed by atoms with Gasteiger partial charge in [-0.3, -0.25) is 0 Å². The summed E-state index contributed by atoms with van der Waals surface area (Å²) < 4.78 is 97.0. The molecule has 12 nitrogen and oxygen atoms in total. The second kappa shape index (κ2) is 11.2. The van der Waals surface area contributed by atoms with Gasteiger partial charge in [-0.25, -0.2) is 19.2 Å². The number of carbonyl (C=O) groups is 4. The van der Waals surface area contributed by atoms with Crippen molar-refractivity contribution >= 4 is 23.9 Å². The summed E-state index contributed by atoms with van der Waals surface area (Å²) in [5.41, 5.74) is 0. The molecule has 0 aliphatic heterocycles. The zero-order valence-electron chi connectivity index (χ0n) is 12.7. The van der Waals surface area contributed by atoms with E-state index in [9.17, 15) is 54.3 Å². The molecule has 0 fully saturated rings. The smallest absolute Gasteiger partial charge is 0.476 e. The van der Waals surface area contributed by atoms with E-state index in [1.165, 1.54) is 0 Å². The van der Waals surface area contributed by atoms with Crippen molar-refractivity contribution in [2.45, 2.75) is 31.6 Å². The second-order valence-electron chi connectivity index (χ2n) is 4.01. The van der Waals surface area contributed by atoms with Gasteiger partial charge < -0.3 is 30.8 Å². The van der Waals surface area contributed by atoms with Gasteiger partial charge in [0.05, 0.1) is 0 Å². The molecule has 0 saturated carbocycles. The van der Waals surface area contributed by atoms with Crippen LogP contribution in [0.5, 0.6) is 0 Å². The van der Waals surface area contributed by atoms with Crippen molar-refractivity contribution in [1.82, 2.24) is 10.1 Å². The Morgan fingerprint density at radius 3 is 0.667 bits per heavy atom. The number of hydroxylamine groups is 4. The summed E-state index contributed by atoms with van der Waals surface area (Å²) in [6.45, 7) is 0. The number of alkyl halides is 8. The maximum atomic E-state index is 12.1. The van der Waals surface area contributed by atoms with Crippen LogP contribution in [0.2, 0.25) is 0 Å². The number of nitrogens with zero attached hydrogens (tertiary/aromatic N) is 2. The average Bonchev–Trinajstić information content (AvgIpc) is 2.52. The molecule has 30 heavy (non-hydrogen) atoms. The predicted octanol–water partition coefficient (Wildman–Crippen LogP) is 0.698. The molecule has 0 spiro atoms. The average molecular weight is 509 g/mol. The molecule has 6 N–H and O–H groups in total. The Bertz CT molecular complexity index is 543. The third-order valence-corrected chi connectivity index (χ3v) is 2.09. The molecule has 0 aromatic rings. The maximum Gasteiger partial charge on any atom is 2.00 e. The van der Waals surface area contributed by atoms with Crippen molar-refractivity contribution in [3.8, 4) is 0 Å². The van der Waals surface area contributed by atoms with E-state index in [2.05, 4.69) is 0 Å². The van der Waals surface area contributed by atoms with Crippen molar-refractivity contribution in [2.75, 3.05) is 0 Å². The van der Waals surface area contributed by atoms with E-state index < -0.39 is 58.2 Å². The van der Waals surface area contributed by atoms with Crippen LogP contribution in [-0.4, -0.2) is 89.0 Å². The minimum absolute atomic E-state index is 0. The van der Waals surface area contributed by atoms with E-state index in [-0.39, 0.29) is 26.0 Å². The van der Waals surface area contributed by atoms with Crippen LogP contribution in [0.25, 0.3) is 0 Å². The van der Waals surface area contributed by atoms with Crippen LogP contribution in [0.1, 0.15) is 7.43 Å². The van der Waals surface area contributed by atoms with Gasteiger partial charge in [-0.05, 0) is 10.1 Å². The third kappa shape index (κ3) is 7.53. The molecule has 0 unspecified atom stereocenters. The van der Waals surface area contributed by atoms with Crippen LogP contribution in [0.4, 0.5) is 35.1 Å². The molecule has 0 aliphatic rings. The number of hydrogen-bond donors (Lipinski definition) is 6. The fourth-order valence-electron chi connectivity index (χ4n) is 0.715. The number of carboxylic acid groups (broad SMARTS) is 4. The summed E-state index contributed by atoms with van der Waals surface area (Å²) in [7, 11) is 0. The second-order valence-corrected chi connectivity index (χ2v) is 4.01. The van der Waals surface area contributed by atoms with Gasteiger partial charge in [0.15, 0.2) is 0 Å². The van der Waals surface area contributed by atoms with Gasteiger partial charge in [0.1, 0.15) is 0 Å². The molecule has 0 saturated heterocycles. The molecule has 0 amide bonds. The fraction of sp³-hybridized carbons (Fsp3) is 0.556. The summed E-state index contributed by atoms with van der Waals surface area (Å²) in [5.74, 6) is -12.4. The van der Waals surface area contributed by atoms with Gasteiger partial charge >= 0.3 is 66.6 Å². The Balaban J connectivity index is -0.000000211. The third-order valence-electron chi connectivity index (χ3n) is 2.09. The van der Waals surface area contributed by atoms with Crippen molar-refractivity contribution in [3.63, 3.8) is 0 Å². The first-order valence-corrected chi connectivity index (χ1v) is 5.52. The first-order valence-electron chi connectivity index (χ1n) is 5.52. The van der Waals surface area contributed by atoms with Gasteiger partial charge in [-0.2, -0.15) is 35.1 Å². The Morgan fingerprint density at radius 1 is 0.500 bits per heavy atom. The molecular formula is C9H10F8N2O10V+2. The van der Waals surface area contributed by atoms with Crippen molar-refractivity contribution in [2.24, 2.45) is 0 Å². The molecule has 0 atom stereocenters. The number of aliphatic carboxylic acids is 4. The topological polar surface area (TPSA) is 196 Å². The zero-order valence-corrected chi connectivity index (χ0v) is 14.1. The molecule has 0 aromatic carbocycles. The minimum Gasteiger partial charge on any atom is -0.476 e. The largest absolute Gasteiger partial charge is 2.00 e. The summed E-state index contributed by atoms with van der Waals surface area (Å²) in [5, 5.41) is 42.1. The van der Waals surface area contributed by atoms with Gasteiger partial charge in [0.2, 0.25) is 0 Å². The Labute approximate surface area is 170 Å². The standard InChI is InChI=1S/2C4H3F4NO5.CH4.V/c2*5-3(6,1(10)11)9(14)4(7,8)2(12)13;;/h2*14H,(H,10,11)(H,12,13);1H4;/q;;;+2. The SMILES string of the molecule is C.O=C(O)C(F)(F)N(O)C(F)(F)C(=O)O.O=C(O)C(F)(F)N(O)C(F)(F)C(=O)O.[V+2]. The molecule has 21 heteroatoms. The van der Waals surface area contributed by atoms with Gasteiger partial charge in [-0.1, -0.05) is 7.43 Å². The van der Waals surface area contributed by atoms with Crippen molar-refractivity contribution < 1.29 is 104 Å². The normalized spacial score (nSPS) is 12.1. The van der Waals surface area contributed by atoms with Crippen LogP contribution < -0.4 is 0 Å². The van der Waals surface area contributed by atoms with E-state index in [4.69, 9.17) is 30.8 Å². The summed E-state index contributed by atoms with van der Waals surface area (Å²) in [6.07, 6.45) is 0. The molecule has 0 rings (SSSR count). The van der Waals surface area contributed by atoms with Crippen LogP contribution in [0.15, 0.2) is 0 Å². The first-order chi connectivity index (χ1) is 12.1. The van der Waals surface area contributed by atoms with Crippen molar-refractivity contribution in [1.29, 1.82) is 0 Å². The summed E-state index contributed by atoms with van der Waals surface area (Å²) in [6, 6.07) is -21.6. The van der Waals surface area contributed by atoms with Crippen molar-refractivity contribution in [3.05, 3.63) is 0 Å². The molecule has 0 bridgehead atoms. The number of rotatable bonds is 8. The molecule has 0 aromatic heterocycles. The van der Waals surface area contributed by atoms with E-state index in [1.54, 1.807) is 0 Å². The van der Waals surface area contributed by atoms with E-state index >= 15 is 0 Å². The van der Waals surface area contributed by atoms with Gasteiger partial charge in [-0.15, -0.1) is 0 Å². The monoisotopic (exact) mass is 509 g/mol. The van der Waals surface area contributed by atoms with Crippen LogP contribution >= 0.6 is 0 Å². The predicted molar refractivity (Wildman–Crippen MR) is 64.3 cm³/mol. The fourth-order valence-corrected chi connectivity index (χ4v) is 0.715. The number of halogens is 8. The molecule has 175 valence electrons. The molecular weight excluding hydrogens is 499 g/mol. The Hall–Kier alpha value is -2.26. The van der Waals surface area contributed by atoms with Crippen LogP contribution in [0, 0.1) is 0 Å². The van der Waals surface area contributed by atoms with E-state index in [0.717, 1.165) is 0 Å². The zero-order chi connectivity index (χ0) is 23.5. The minimum atomic E-state index is -5.40. The molecule has 1 radical (unpaired) electrons. The maximum absolute atomic E-state index is 12.1. The Kier molecular flexibility index (Phi) is 13.2. The van der Waals surface area contributed by atoms with Crippen LogP contribution in [0.3, 0.4) is 0 Å². The van der Waals surface area contributed by atoms with Gasteiger partial charge in [0.25, 0.3) is 0 Å². The summed E-state index contributed by atoms with van der Waals surface area (Å²) >= 11 is 0. The Morgan fingerprint density at radius 2 is 0.600 bits per heavy atom. The molecule has 0 heterocycles. The first kappa shape index (κ1) is 35.2. The van der Waals surface area contributed by atoms with E-state index in [0.29, 0.717) is 0 Å². The summed E-state index contributed by atoms with van der Waals surface area (Å²) in [4.78, 5) is 38.6. The van der Waals surface area contributed by atoms with Gasteiger partial charge in [0, 0.05) is 0 Å². The number of carboxylic acids is 4.